The van der Waals surface area contributed by atoms with Gasteiger partial charge in [-0.3, -0.25) is 9.80 Å². The topological polar surface area (TPSA) is 27.7 Å². The summed E-state index contributed by atoms with van der Waals surface area (Å²) in [7, 11) is 0. The van der Waals surface area contributed by atoms with E-state index < -0.39 is 0 Å². The molecule has 3 unspecified atom stereocenters. The molecule has 0 radical (unpaired) electrons. The van der Waals surface area contributed by atoms with Gasteiger partial charge in [-0.25, -0.2) is 0 Å². The second-order valence-electron chi connectivity index (χ2n) is 7.23. The number of ether oxygens (including phenoxy) is 1. The molecule has 20 heavy (non-hydrogen) atoms. The van der Waals surface area contributed by atoms with Crippen molar-refractivity contribution in [3.63, 3.8) is 0 Å². The lowest BCUT2D eigenvalue weighted by Crippen LogP contribution is -2.51. The Morgan fingerprint density at radius 3 is 2.75 bits per heavy atom. The van der Waals surface area contributed by atoms with Crippen LogP contribution in [0.5, 0.6) is 0 Å². The second-order valence-corrected chi connectivity index (χ2v) is 7.23. The molecule has 0 aromatic carbocycles. The minimum atomic E-state index is 0.480. The summed E-state index contributed by atoms with van der Waals surface area (Å²) in [5.74, 6) is 0. The normalized spacial score (nSPS) is 39.3. The van der Waals surface area contributed by atoms with E-state index in [0.29, 0.717) is 12.2 Å². The Balaban J connectivity index is 1.19. The van der Waals surface area contributed by atoms with Crippen LogP contribution in [0.25, 0.3) is 0 Å². The summed E-state index contributed by atoms with van der Waals surface area (Å²) >= 11 is 0. The Hall–Kier alpha value is -0.160. The van der Waals surface area contributed by atoms with Gasteiger partial charge in [0.1, 0.15) is 0 Å². The molecule has 0 amide bonds. The highest BCUT2D eigenvalue weighted by atomic mass is 16.5. The summed E-state index contributed by atoms with van der Waals surface area (Å²) in [5, 5.41) is 3.61. The summed E-state index contributed by atoms with van der Waals surface area (Å²) in [5.41, 5.74) is 0. The van der Waals surface area contributed by atoms with Crippen LogP contribution >= 0.6 is 0 Å². The average molecular weight is 279 g/mol. The molecule has 1 saturated carbocycles. The van der Waals surface area contributed by atoms with Crippen LogP contribution in [0, 0.1) is 0 Å². The monoisotopic (exact) mass is 279 g/mol. The fourth-order valence-electron chi connectivity index (χ4n) is 4.16. The third kappa shape index (κ3) is 3.19. The van der Waals surface area contributed by atoms with Crippen LogP contribution in [0.4, 0.5) is 0 Å². The number of fused-ring (bicyclic) bond motifs is 1. The van der Waals surface area contributed by atoms with Crippen molar-refractivity contribution in [3.8, 4) is 0 Å². The molecule has 1 aliphatic carbocycles. The smallest absolute Gasteiger partial charge is 0.0707 e. The first-order chi connectivity index (χ1) is 9.87. The van der Waals surface area contributed by atoms with Crippen molar-refractivity contribution in [3.05, 3.63) is 0 Å². The SMILES string of the molecule is C1CC2CN(CC3CCC(CNC4CC4)O3)CCN2C1. The first-order valence-electron chi connectivity index (χ1n) is 8.72. The van der Waals surface area contributed by atoms with E-state index in [-0.39, 0.29) is 0 Å². The highest BCUT2D eigenvalue weighted by Gasteiger charge is 2.33. The molecule has 0 spiro atoms. The Labute approximate surface area is 122 Å². The highest BCUT2D eigenvalue weighted by molar-refractivity contribution is 4.89. The van der Waals surface area contributed by atoms with Crippen molar-refractivity contribution in [2.24, 2.45) is 0 Å². The lowest BCUT2D eigenvalue weighted by molar-refractivity contribution is 0.00697. The fraction of sp³-hybridized carbons (Fsp3) is 1.00. The van der Waals surface area contributed by atoms with Crippen molar-refractivity contribution >= 4 is 0 Å². The minimum absolute atomic E-state index is 0.480. The minimum Gasteiger partial charge on any atom is -0.372 e. The van der Waals surface area contributed by atoms with Gasteiger partial charge >= 0.3 is 0 Å². The summed E-state index contributed by atoms with van der Waals surface area (Å²) in [4.78, 5) is 5.35. The fourth-order valence-corrected chi connectivity index (χ4v) is 4.16. The Kier molecular flexibility index (Phi) is 3.99. The van der Waals surface area contributed by atoms with Gasteiger partial charge in [0, 0.05) is 44.8 Å². The van der Waals surface area contributed by atoms with Crippen molar-refractivity contribution in [1.82, 2.24) is 15.1 Å². The van der Waals surface area contributed by atoms with Crippen LogP contribution in [0.3, 0.4) is 0 Å². The van der Waals surface area contributed by atoms with Crippen LogP contribution in [0.1, 0.15) is 38.5 Å². The van der Waals surface area contributed by atoms with Crippen LogP contribution in [0.15, 0.2) is 0 Å². The summed E-state index contributed by atoms with van der Waals surface area (Å²) in [6, 6.07) is 1.66. The van der Waals surface area contributed by atoms with Gasteiger partial charge in [-0.1, -0.05) is 0 Å². The Morgan fingerprint density at radius 2 is 1.85 bits per heavy atom. The number of rotatable bonds is 5. The average Bonchev–Trinajstić information content (AvgIpc) is 2.99. The van der Waals surface area contributed by atoms with Crippen molar-refractivity contribution in [2.45, 2.75) is 62.8 Å². The van der Waals surface area contributed by atoms with E-state index >= 15 is 0 Å². The van der Waals surface area contributed by atoms with Crippen molar-refractivity contribution in [1.29, 1.82) is 0 Å². The third-order valence-electron chi connectivity index (χ3n) is 5.54. The van der Waals surface area contributed by atoms with Crippen LogP contribution < -0.4 is 5.32 Å². The van der Waals surface area contributed by atoms with Gasteiger partial charge in [0.25, 0.3) is 0 Å². The Bertz CT molecular complexity index is 334. The second kappa shape index (κ2) is 5.91. The van der Waals surface area contributed by atoms with E-state index in [1.807, 2.05) is 0 Å². The number of nitrogens with zero attached hydrogens (tertiary/aromatic N) is 2. The molecule has 3 heterocycles. The van der Waals surface area contributed by atoms with E-state index in [4.69, 9.17) is 4.74 Å². The number of hydrogen-bond acceptors (Lipinski definition) is 4. The molecule has 4 rings (SSSR count). The zero-order valence-corrected chi connectivity index (χ0v) is 12.6. The first-order valence-corrected chi connectivity index (χ1v) is 8.72. The maximum atomic E-state index is 6.24. The molecule has 1 N–H and O–H groups in total. The maximum absolute atomic E-state index is 6.24. The Morgan fingerprint density at radius 1 is 0.950 bits per heavy atom. The zero-order valence-electron chi connectivity index (χ0n) is 12.6. The molecule has 4 nitrogen and oxygen atoms in total. The van der Waals surface area contributed by atoms with Gasteiger partial charge in [0.15, 0.2) is 0 Å². The molecule has 0 aromatic heterocycles. The lowest BCUT2D eigenvalue weighted by Gasteiger charge is -2.38. The van der Waals surface area contributed by atoms with Crippen LogP contribution in [0.2, 0.25) is 0 Å². The molecule has 4 aliphatic rings. The van der Waals surface area contributed by atoms with Crippen molar-refractivity contribution in [2.75, 3.05) is 39.3 Å². The zero-order chi connectivity index (χ0) is 13.4. The van der Waals surface area contributed by atoms with Gasteiger partial charge in [-0.15, -0.1) is 0 Å². The van der Waals surface area contributed by atoms with Gasteiger partial charge in [-0.2, -0.15) is 0 Å². The first kappa shape index (κ1) is 13.5. The predicted molar refractivity (Wildman–Crippen MR) is 80.0 cm³/mol. The molecule has 3 atom stereocenters. The molecule has 4 fully saturated rings. The standard InChI is InChI=1S/C16H29N3O/c1-2-14-11-18(8-9-19(14)7-1)12-16-6-5-15(20-16)10-17-13-3-4-13/h13-17H,1-12H2. The molecular formula is C16H29N3O. The molecular weight excluding hydrogens is 250 g/mol. The lowest BCUT2D eigenvalue weighted by atomic mass is 10.1. The predicted octanol–water partition coefficient (Wildman–Crippen LogP) is 1.07. The van der Waals surface area contributed by atoms with Crippen molar-refractivity contribution < 1.29 is 4.74 Å². The number of piperazine rings is 1. The van der Waals surface area contributed by atoms with E-state index in [1.165, 1.54) is 71.2 Å². The molecule has 0 aromatic rings. The molecule has 0 bridgehead atoms. The maximum Gasteiger partial charge on any atom is 0.0707 e. The highest BCUT2D eigenvalue weighted by Crippen LogP contribution is 2.25. The summed E-state index contributed by atoms with van der Waals surface area (Å²) < 4.78 is 6.24. The molecule has 3 aliphatic heterocycles. The van der Waals surface area contributed by atoms with E-state index in [0.717, 1.165) is 18.6 Å². The number of nitrogens with one attached hydrogen (secondary N) is 1. The van der Waals surface area contributed by atoms with Gasteiger partial charge in [0.05, 0.1) is 12.2 Å². The van der Waals surface area contributed by atoms with E-state index in [2.05, 4.69) is 15.1 Å². The molecule has 4 heteroatoms. The van der Waals surface area contributed by atoms with Crippen LogP contribution in [-0.4, -0.2) is 73.4 Å². The van der Waals surface area contributed by atoms with Gasteiger partial charge in [0.2, 0.25) is 0 Å². The van der Waals surface area contributed by atoms with Gasteiger partial charge in [-0.05, 0) is 45.1 Å². The molecule has 3 saturated heterocycles. The van der Waals surface area contributed by atoms with E-state index in [9.17, 15) is 0 Å². The van der Waals surface area contributed by atoms with Crippen LogP contribution in [-0.2, 0) is 4.74 Å². The van der Waals surface area contributed by atoms with E-state index in [1.54, 1.807) is 0 Å². The van der Waals surface area contributed by atoms with Gasteiger partial charge < -0.3 is 10.1 Å². The summed E-state index contributed by atoms with van der Waals surface area (Å²) in [6.45, 7) is 7.41. The third-order valence-corrected chi connectivity index (χ3v) is 5.54. The number of hydrogen-bond donors (Lipinski definition) is 1. The largest absolute Gasteiger partial charge is 0.372 e. The quantitative estimate of drug-likeness (QED) is 0.814. The summed E-state index contributed by atoms with van der Waals surface area (Å²) in [6.07, 6.45) is 9.07. The molecule has 114 valence electrons.